The van der Waals surface area contributed by atoms with Gasteiger partial charge in [-0.15, -0.1) is 0 Å². The normalized spacial score (nSPS) is 32.0. The summed E-state index contributed by atoms with van der Waals surface area (Å²) in [6.45, 7) is 2.56. The molecule has 1 N–H and O–H groups in total. The highest BCUT2D eigenvalue weighted by Crippen LogP contribution is 2.58. The van der Waals surface area contributed by atoms with Crippen molar-refractivity contribution in [3.8, 4) is 0 Å². The molecule has 8 nitrogen and oxygen atoms in total. The number of carbonyl (C=O) groups is 3. The smallest absolute Gasteiger partial charge is 0.313 e. The Hall–Kier alpha value is -3.75. The number of ether oxygens (including phenoxy) is 2. The lowest BCUT2D eigenvalue weighted by atomic mass is 9.73. The van der Waals surface area contributed by atoms with Crippen LogP contribution in [-0.2, 0) is 36.8 Å². The Bertz CT molecular complexity index is 1390. The third kappa shape index (κ3) is 5.10. The Labute approximate surface area is 253 Å². The Morgan fingerprint density at radius 2 is 1.63 bits per heavy atom. The zero-order chi connectivity index (χ0) is 30.0. The van der Waals surface area contributed by atoms with Crippen LogP contribution in [-0.4, -0.2) is 75.7 Å². The lowest BCUT2D eigenvalue weighted by molar-refractivity contribution is -0.163. The molecule has 2 aromatic carbocycles. The summed E-state index contributed by atoms with van der Waals surface area (Å²) in [4.78, 5) is 46.6. The average molecular weight is 585 g/mol. The number of aliphatic hydroxyl groups is 1. The number of allylic oxidation sites excluding steroid dienone is 1. The third-order valence-corrected chi connectivity index (χ3v) is 9.54. The molecule has 6 rings (SSSR count). The van der Waals surface area contributed by atoms with E-state index in [2.05, 4.69) is 0 Å². The SMILES string of the molecule is CC[C@]12/C=C\CCCCOC(=O)[C@H]1[C@H]1C(=O)N([C@@H](CO)Cc3ccccc3)C3C(=O)N(Cc4ccccc4)CC=C[C@@]31O2. The van der Waals surface area contributed by atoms with Crippen LogP contribution in [0.3, 0.4) is 0 Å². The van der Waals surface area contributed by atoms with Crippen LogP contribution in [0.25, 0.3) is 0 Å². The molecule has 4 aliphatic heterocycles. The van der Waals surface area contributed by atoms with Crippen molar-refractivity contribution in [3.05, 3.63) is 96.1 Å². The van der Waals surface area contributed by atoms with Crippen molar-refractivity contribution in [1.82, 2.24) is 9.80 Å². The fourth-order valence-corrected chi connectivity index (χ4v) is 7.50. The first-order chi connectivity index (χ1) is 20.9. The van der Waals surface area contributed by atoms with Gasteiger partial charge in [0.1, 0.15) is 23.2 Å². The number of nitrogens with zero attached hydrogens (tertiary/aromatic N) is 2. The highest BCUT2D eigenvalue weighted by molar-refractivity contribution is 5.99. The van der Waals surface area contributed by atoms with Gasteiger partial charge in [-0.2, -0.15) is 0 Å². The summed E-state index contributed by atoms with van der Waals surface area (Å²) in [7, 11) is 0. The van der Waals surface area contributed by atoms with Gasteiger partial charge in [-0.25, -0.2) is 0 Å². The Morgan fingerprint density at radius 3 is 2.33 bits per heavy atom. The summed E-state index contributed by atoms with van der Waals surface area (Å²) in [5.41, 5.74) is -0.606. The lowest BCUT2D eigenvalue weighted by Gasteiger charge is -2.41. The minimum atomic E-state index is -1.40. The topological polar surface area (TPSA) is 96.4 Å². The minimum Gasteiger partial charge on any atom is -0.465 e. The van der Waals surface area contributed by atoms with Crippen LogP contribution in [0.5, 0.6) is 0 Å². The lowest BCUT2D eigenvalue weighted by Crippen LogP contribution is -2.59. The van der Waals surface area contributed by atoms with E-state index in [1.165, 1.54) is 4.90 Å². The van der Waals surface area contributed by atoms with Gasteiger partial charge >= 0.3 is 5.97 Å². The van der Waals surface area contributed by atoms with Gasteiger partial charge in [0.15, 0.2) is 0 Å². The van der Waals surface area contributed by atoms with Gasteiger partial charge in [0.25, 0.3) is 0 Å². The fourth-order valence-electron chi connectivity index (χ4n) is 7.50. The van der Waals surface area contributed by atoms with Crippen LogP contribution in [0.1, 0.15) is 43.7 Å². The van der Waals surface area contributed by atoms with Crippen molar-refractivity contribution < 1.29 is 29.0 Å². The zero-order valence-electron chi connectivity index (χ0n) is 24.6. The number of rotatable bonds is 7. The Balaban J connectivity index is 1.48. The van der Waals surface area contributed by atoms with Crippen molar-refractivity contribution in [2.75, 3.05) is 19.8 Å². The number of fused-ring (bicyclic) bond motifs is 2. The number of likely N-dealkylation sites (tertiary alicyclic amines) is 1. The molecule has 2 fully saturated rings. The fraction of sp³-hybridized carbons (Fsp3) is 0.457. The highest BCUT2D eigenvalue weighted by Gasteiger charge is 2.75. The Kier molecular flexibility index (Phi) is 8.25. The second-order valence-electron chi connectivity index (χ2n) is 12.1. The molecule has 2 amide bonds. The maximum Gasteiger partial charge on any atom is 0.313 e. The molecule has 43 heavy (non-hydrogen) atoms. The van der Waals surface area contributed by atoms with E-state index in [0.29, 0.717) is 25.9 Å². The summed E-state index contributed by atoms with van der Waals surface area (Å²) in [5, 5.41) is 10.7. The van der Waals surface area contributed by atoms with Crippen LogP contribution in [0.4, 0.5) is 0 Å². The van der Waals surface area contributed by atoms with E-state index in [0.717, 1.165) is 30.4 Å². The van der Waals surface area contributed by atoms with Crippen molar-refractivity contribution in [2.45, 2.75) is 68.9 Å². The van der Waals surface area contributed by atoms with E-state index < -0.39 is 41.1 Å². The number of amides is 2. The van der Waals surface area contributed by atoms with E-state index in [1.807, 2.05) is 91.9 Å². The number of aliphatic hydroxyl groups excluding tert-OH is 1. The number of hydrogen-bond donors (Lipinski definition) is 1. The predicted octanol–water partition coefficient (Wildman–Crippen LogP) is 3.83. The molecule has 226 valence electrons. The molecular formula is C35H40N2O6. The van der Waals surface area contributed by atoms with Crippen molar-refractivity contribution in [2.24, 2.45) is 11.8 Å². The summed E-state index contributed by atoms with van der Waals surface area (Å²) in [6, 6.07) is 17.6. The van der Waals surface area contributed by atoms with E-state index in [-0.39, 0.29) is 25.0 Å². The standard InChI is InChI=1S/C35H40N2O6/c1-2-34-18-11-3-4-12-21-42-33(41)29(34)28-31(39)37(27(24-38)22-25-14-7-5-8-15-25)30-32(40)36(20-13-19-35(28,30)43-34)23-26-16-9-6-10-17-26/h5-11,13-19,27-30,38H,2-4,12,20-24H2,1H3/b18-11-/t27-,28+,29-,30?,34+,35+/m1/s1. The molecule has 1 spiro atoms. The van der Waals surface area contributed by atoms with Crippen LogP contribution in [0.15, 0.2) is 85.0 Å². The quantitative estimate of drug-likeness (QED) is 0.393. The first-order valence-electron chi connectivity index (χ1n) is 15.5. The molecular weight excluding hydrogens is 544 g/mol. The molecule has 2 aromatic rings. The second kappa shape index (κ2) is 12.1. The monoisotopic (exact) mass is 584 g/mol. The van der Waals surface area contributed by atoms with Crippen molar-refractivity contribution >= 4 is 17.8 Å². The van der Waals surface area contributed by atoms with Gasteiger partial charge in [-0.05, 0) is 43.2 Å². The summed E-state index contributed by atoms with van der Waals surface area (Å²) in [6.07, 6.45) is 10.9. The van der Waals surface area contributed by atoms with E-state index in [1.54, 1.807) is 4.90 Å². The first-order valence-corrected chi connectivity index (χ1v) is 15.5. The van der Waals surface area contributed by atoms with Crippen LogP contribution in [0.2, 0.25) is 0 Å². The molecule has 0 saturated carbocycles. The average Bonchev–Trinajstić information content (AvgIpc) is 3.40. The first kappa shape index (κ1) is 29.3. The summed E-state index contributed by atoms with van der Waals surface area (Å²) < 4.78 is 12.8. The molecule has 1 unspecified atom stereocenters. The molecule has 0 aliphatic carbocycles. The molecule has 0 bridgehead atoms. The number of hydrogen-bond acceptors (Lipinski definition) is 6. The van der Waals surface area contributed by atoms with E-state index in [9.17, 15) is 19.5 Å². The van der Waals surface area contributed by atoms with Gasteiger partial charge in [0.05, 0.1) is 25.2 Å². The maximum atomic E-state index is 14.8. The molecule has 6 atom stereocenters. The number of carbonyl (C=O) groups excluding carboxylic acids is 3. The number of cyclic esters (lactones) is 1. The minimum absolute atomic E-state index is 0.261. The van der Waals surface area contributed by atoms with Gasteiger partial charge in [0, 0.05) is 13.1 Å². The molecule has 8 heteroatoms. The molecule has 0 radical (unpaired) electrons. The Morgan fingerprint density at radius 1 is 0.907 bits per heavy atom. The van der Waals surface area contributed by atoms with Crippen LogP contribution < -0.4 is 0 Å². The molecule has 4 heterocycles. The predicted molar refractivity (Wildman–Crippen MR) is 160 cm³/mol. The summed E-state index contributed by atoms with van der Waals surface area (Å²) in [5.74, 6) is -3.00. The van der Waals surface area contributed by atoms with Crippen molar-refractivity contribution in [3.63, 3.8) is 0 Å². The number of benzene rings is 2. The molecule has 2 saturated heterocycles. The van der Waals surface area contributed by atoms with E-state index in [4.69, 9.17) is 9.47 Å². The highest BCUT2D eigenvalue weighted by atomic mass is 16.6. The van der Waals surface area contributed by atoms with Crippen molar-refractivity contribution in [1.29, 1.82) is 0 Å². The maximum absolute atomic E-state index is 14.8. The number of esters is 1. The second-order valence-corrected chi connectivity index (χ2v) is 12.1. The van der Waals surface area contributed by atoms with E-state index >= 15 is 0 Å². The van der Waals surface area contributed by atoms with Gasteiger partial charge in [0.2, 0.25) is 11.8 Å². The third-order valence-electron chi connectivity index (χ3n) is 9.54. The van der Waals surface area contributed by atoms with Gasteiger partial charge < -0.3 is 24.4 Å². The molecule has 4 aliphatic rings. The van der Waals surface area contributed by atoms with Gasteiger partial charge in [-0.1, -0.05) is 91.9 Å². The van der Waals surface area contributed by atoms with Gasteiger partial charge in [-0.3, -0.25) is 14.4 Å². The molecule has 0 aromatic heterocycles. The zero-order valence-corrected chi connectivity index (χ0v) is 24.6. The summed E-state index contributed by atoms with van der Waals surface area (Å²) >= 11 is 0. The largest absolute Gasteiger partial charge is 0.465 e. The van der Waals surface area contributed by atoms with Crippen LogP contribution in [0, 0.1) is 11.8 Å². The van der Waals surface area contributed by atoms with Crippen LogP contribution >= 0.6 is 0 Å².